The zero-order chi connectivity index (χ0) is 13.8. The van der Waals surface area contributed by atoms with Gasteiger partial charge in [-0.15, -0.1) is 0 Å². The summed E-state index contributed by atoms with van der Waals surface area (Å²) in [6.07, 6.45) is 5.92. The van der Waals surface area contributed by atoms with Gasteiger partial charge in [-0.3, -0.25) is 0 Å². The molecule has 0 amide bonds. The van der Waals surface area contributed by atoms with E-state index in [0.29, 0.717) is 0 Å². The van der Waals surface area contributed by atoms with Gasteiger partial charge in [0.25, 0.3) is 0 Å². The van der Waals surface area contributed by atoms with Gasteiger partial charge in [-0.1, -0.05) is 73.3 Å². The summed E-state index contributed by atoms with van der Waals surface area (Å²) in [6.45, 7) is 3.87. The molecule has 0 bridgehead atoms. The maximum atomic E-state index is 6.13. The molecule has 1 aliphatic rings. The third-order valence-electron chi connectivity index (χ3n) is 3.32. The molecule has 1 heterocycles. The molecule has 1 nitrogen and oxygen atoms in total. The van der Waals surface area contributed by atoms with Crippen molar-refractivity contribution in [3.63, 3.8) is 0 Å². The molecule has 1 aliphatic heterocycles. The normalized spacial score (nSPS) is 17.7. The average molecular weight is 260 g/mol. The Morgan fingerprint density at radius 2 is 1.55 bits per heavy atom. The molecule has 0 N–H and O–H groups in total. The Labute approximate surface area is 119 Å². The molecule has 20 heavy (non-hydrogen) atoms. The minimum absolute atomic E-state index is 0.0654. The topological polar surface area (TPSA) is 9.23 Å². The Hall–Kier alpha value is -2.54. The molecule has 1 heteroatoms. The smallest absolute Gasteiger partial charge is 0.143 e. The Bertz CT molecular complexity index is 651. The third kappa shape index (κ3) is 2.57. The summed E-state index contributed by atoms with van der Waals surface area (Å²) in [7, 11) is 0. The largest absolute Gasteiger partial charge is 0.481 e. The molecule has 2 aromatic carbocycles. The number of rotatable bonds is 3. The van der Waals surface area contributed by atoms with E-state index >= 15 is 0 Å². The lowest BCUT2D eigenvalue weighted by Crippen LogP contribution is -2.06. The second kappa shape index (κ2) is 5.62. The molecule has 0 fully saturated rings. The van der Waals surface area contributed by atoms with Gasteiger partial charge in [0.1, 0.15) is 11.9 Å². The van der Waals surface area contributed by atoms with Gasteiger partial charge in [0.05, 0.1) is 0 Å². The zero-order valence-electron chi connectivity index (χ0n) is 11.2. The monoisotopic (exact) mass is 260 g/mol. The molecule has 98 valence electrons. The highest BCUT2D eigenvalue weighted by atomic mass is 16.5. The van der Waals surface area contributed by atoms with Crippen molar-refractivity contribution >= 4 is 5.76 Å². The quantitative estimate of drug-likeness (QED) is 0.761. The first-order valence-corrected chi connectivity index (χ1v) is 6.70. The summed E-state index contributed by atoms with van der Waals surface area (Å²) >= 11 is 0. The van der Waals surface area contributed by atoms with Crippen LogP contribution in [0.25, 0.3) is 5.76 Å². The first-order chi connectivity index (χ1) is 9.86. The number of hydrogen-bond acceptors (Lipinski definition) is 1. The van der Waals surface area contributed by atoms with Gasteiger partial charge >= 0.3 is 0 Å². The minimum atomic E-state index is -0.0654. The first kappa shape index (κ1) is 12.5. The Balaban J connectivity index is 1.97. The van der Waals surface area contributed by atoms with Crippen LogP contribution in [0.15, 0.2) is 91.0 Å². The average Bonchev–Trinajstić information content (AvgIpc) is 2.56. The third-order valence-corrected chi connectivity index (χ3v) is 3.32. The van der Waals surface area contributed by atoms with Crippen LogP contribution in [0.2, 0.25) is 0 Å². The van der Waals surface area contributed by atoms with Gasteiger partial charge in [-0.05, 0) is 23.3 Å². The van der Waals surface area contributed by atoms with Crippen molar-refractivity contribution in [3.8, 4) is 0 Å². The molecule has 1 atom stereocenters. The van der Waals surface area contributed by atoms with Gasteiger partial charge in [0.15, 0.2) is 0 Å². The second-order valence-electron chi connectivity index (χ2n) is 4.69. The van der Waals surface area contributed by atoms with Gasteiger partial charge in [0, 0.05) is 5.56 Å². The number of benzene rings is 2. The number of ether oxygens (including phenoxy) is 1. The molecule has 0 saturated heterocycles. The summed E-state index contributed by atoms with van der Waals surface area (Å²) in [5.74, 6) is 0.886. The molecular formula is C19H16O. The molecule has 2 aromatic rings. The van der Waals surface area contributed by atoms with Crippen molar-refractivity contribution in [1.29, 1.82) is 0 Å². The van der Waals surface area contributed by atoms with E-state index in [2.05, 4.69) is 36.9 Å². The molecule has 0 aromatic heterocycles. The lowest BCUT2D eigenvalue weighted by molar-refractivity contribution is 0.211. The summed E-state index contributed by atoms with van der Waals surface area (Å²) in [6, 6.07) is 20.4. The van der Waals surface area contributed by atoms with E-state index in [-0.39, 0.29) is 6.10 Å². The highest BCUT2D eigenvalue weighted by Gasteiger charge is 2.17. The van der Waals surface area contributed by atoms with Gasteiger partial charge < -0.3 is 4.74 Å². The highest BCUT2D eigenvalue weighted by Crippen LogP contribution is 2.33. The minimum Gasteiger partial charge on any atom is -0.481 e. The summed E-state index contributed by atoms with van der Waals surface area (Å²) in [4.78, 5) is 0. The highest BCUT2D eigenvalue weighted by molar-refractivity contribution is 5.66. The fourth-order valence-electron chi connectivity index (χ4n) is 2.27. The Morgan fingerprint density at radius 3 is 2.20 bits per heavy atom. The van der Waals surface area contributed by atoms with Crippen LogP contribution in [0.5, 0.6) is 0 Å². The van der Waals surface area contributed by atoms with E-state index in [1.165, 1.54) is 0 Å². The standard InChI is InChI=1S/C19H16O/c1-2-15-13-18(16-9-5-3-6-10-16)20-19(14-15)17-11-7-4-8-12-17/h2-14,18H,1H2. The maximum absolute atomic E-state index is 6.13. The summed E-state index contributed by atoms with van der Waals surface area (Å²) < 4.78 is 6.13. The van der Waals surface area contributed by atoms with Crippen LogP contribution < -0.4 is 0 Å². The fourth-order valence-corrected chi connectivity index (χ4v) is 2.27. The molecular weight excluding hydrogens is 244 g/mol. The van der Waals surface area contributed by atoms with Crippen molar-refractivity contribution in [3.05, 3.63) is 102 Å². The van der Waals surface area contributed by atoms with Crippen molar-refractivity contribution in [1.82, 2.24) is 0 Å². The predicted octanol–water partition coefficient (Wildman–Crippen LogP) is 4.91. The second-order valence-corrected chi connectivity index (χ2v) is 4.69. The molecule has 3 rings (SSSR count). The van der Waals surface area contributed by atoms with Crippen LogP contribution in [0, 0.1) is 0 Å². The molecule has 0 saturated carbocycles. The SMILES string of the molecule is C=CC1=CC(c2ccccc2)OC(c2ccccc2)=C1. The van der Waals surface area contributed by atoms with Crippen LogP contribution in [-0.4, -0.2) is 0 Å². The van der Waals surface area contributed by atoms with Crippen LogP contribution in [-0.2, 0) is 4.74 Å². The van der Waals surface area contributed by atoms with E-state index in [4.69, 9.17) is 4.74 Å². The molecule has 0 radical (unpaired) electrons. The van der Waals surface area contributed by atoms with Gasteiger partial charge in [-0.2, -0.15) is 0 Å². The predicted molar refractivity (Wildman–Crippen MR) is 83.0 cm³/mol. The lowest BCUT2D eigenvalue weighted by atomic mass is 10.0. The first-order valence-electron chi connectivity index (χ1n) is 6.70. The molecule has 1 unspecified atom stereocenters. The Kier molecular flexibility index (Phi) is 3.51. The number of allylic oxidation sites excluding steroid dienone is 3. The van der Waals surface area contributed by atoms with Crippen LogP contribution in [0.4, 0.5) is 0 Å². The van der Waals surface area contributed by atoms with Crippen LogP contribution >= 0.6 is 0 Å². The van der Waals surface area contributed by atoms with Crippen molar-refractivity contribution in [2.75, 3.05) is 0 Å². The van der Waals surface area contributed by atoms with E-state index in [1.807, 2.05) is 48.6 Å². The summed E-state index contributed by atoms with van der Waals surface area (Å²) in [5, 5.41) is 0. The van der Waals surface area contributed by atoms with Crippen molar-refractivity contribution in [2.45, 2.75) is 6.10 Å². The van der Waals surface area contributed by atoms with E-state index < -0.39 is 0 Å². The van der Waals surface area contributed by atoms with E-state index in [1.54, 1.807) is 0 Å². The van der Waals surface area contributed by atoms with Crippen LogP contribution in [0.1, 0.15) is 17.2 Å². The van der Waals surface area contributed by atoms with Crippen LogP contribution in [0.3, 0.4) is 0 Å². The maximum Gasteiger partial charge on any atom is 0.143 e. The van der Waals surface area contributed by atoms with Crippen molar-refractivity contribution < 1.29 is 4.74 Å². The van der Waals surface area contributed by atoms with Crippen molar-refractivity contribution in [2.24, 2.45) is 0 Å². The van der Waals surface area contributed by atoms with E-state index in [0.717, 1.165) is 22.5 Å². The van der Waals surface area contributed by atoms with E-state index in [9.17, 15) is 0 Å². The molecule has 0 spiro atoms. The van der Waals surface area contributed by atoms with Gasteiger partial charge in [-0.25, -0.2) is 0 Å². The number of hydrogen-bond donors (Lipinski definition) is 0. The Morgan fingerprint density at radius 1 is 0.900 bits per heavy atom. The molecule has 0 aliphatic carbocycles. The summed E-state index contributed by atoms with van der Waals surface area (Å²) in [5.41, 5.74) is 3.32. The lowest BCUT2D eigenvalue weighted by Gasteiger charge is -2.23. The fraction of sp³-hybridized carbons (Fsp3) is 0.0526. The zero-order valence-corrected chi connectivity index (χ0v) is 11.2. The van der Waals surface area contributed by atoms with Gasteiger partial charge in [0.2, 0.25) is 0 Å².